The summed E-state index contributed by atoms with van der Waals surface area (Å²) in [5.41, 5.74) is 7.24. The van der Waals surface area contributed by atoms with E-state index < -0.39 is 0 Å². The first kappa shape index (κ1) is 12.2. The third-order valence-electron chi connectivity index (χ3n) is 2.43. The Morgan fingerprint density at radius 1 is 1.20 bits per heavy atom. The molecule has 1 aromatic rings. The first-order chi connectivity index (χ1) is 6.97. The Hall–Kier alpha value is -0.860. The van der Waals surface area contributed by atoms with Crippen LogP contribution in [0.5, 0.6) is 0 Å². The van der Waals surface area contributed by atoms with Crippen molar-refractivity contribution in [3.8, 4) is 0 Å². The van der Waals surface area contributed by atoms with Gasteiger partial charge in [-0.15, -0.1) is 0 Å². The van der Waals surface area contributed by atoms with Crippen LogP contribution in [0.3, 0.4) is 0 Å². The quantitative estimate of drug-likeness (QED) is 0.800. The molecule has 1 aromatic carbocycles. The van der Waals surface area contributed by atoms with Gasteiger partial charge in [0.2, 0.25) is 0 Å². The summed E-state index contributed by atoms with van der Waals surface area (Å²) >= 11 is 0. The average molecular weight is 206 g/mol. The average Bonchev–Trinajstić information content (AvgIpc) is 2.15. The molecular weight excluding hydrogens is 184 g/mol. The van der Waals surface area contributed by atoms with E-state index in [4.69, 9.17) is 5.73 Å². The van der Waals surface area contributed by atoms with Crippen molar-refractivity contribution in [2.45, 2.75) is 32.4 Å². The van der Waals surface area contributed by atoms with E-state index in [1.165, 1.54) is 5.56 Å². The highest BCUT2D eigenvalue weighted by atomic mass is 15.1. The van der Waals surface area contributed by atoms with Gasteiger partial charge >= 0.3 is 0 Å². The second-order valence-corrected chi connectivity index (χ2v) is 4.96. The molecule has 0 unspecified atom stereocenters. The summed E-state index contributed by atoms with van der Waals surface area (Å²) in [6.45, 7) is 6.18. The third-order valence-corrected chi connectivity index (χ3v) is 2.43. The van der Waals surface area contributed by atoms with Crippen LogP contribution in [-0.2, 0) is 6.54 Å². The molecule has 0 amide bonds. The molecule has 0 radical (unpaired) electrons. The van der Waals surface area contributed by atoms with Crippen molar-refractivity contribution in [3.63, 3.8) is 0 Å². The minimum absolute atomic E-state index is 0.0645. The molecule has 0 saturated heterocycles. The van der Waals surface area contributed by atoms with Crippen molar-refractivity contribution >= 4 is 0 Å². The van der Waals surface area contributed by atoms with E-state index in [9.17, 15) is 0 Å². The van der Waals surface area contributed by atoms with E-state index in [0.717, 1.165) is 19.5 Å². The van der Waals surface area contributed by atoms with Crippen molar-refractivity contribution in [1.82, 2.24) is 4.90 Å². The second-order valence-electron chi connectivity index (χ2n) is 4.96. The number of nitrogens with zero attached hydrogens (tertiary/aromatic N) is 1. The van der Waals surface area contributed by atoms with Crippen molar-refractivity contribution in [2.75, 3.05) is 13.6 Å². The lowest BCUT2D eigenvalue weighted by Gasteiger charge is -2.23. The van der Waals surface area contributed by atoms with Crippen LogP contribution in [0.15, 0.2) is 30.3 Å². The smallest absolute Gasteiger partial charge is 0.0230 e. The zero-order valence-corrected chi connectivity index (χ0v) is 10.0. The minimum Gasteiger partial charge on any atom is -0.326 e. The highest BCUT2D eigenvalue weighted by molar-refractivity contribution is 5.14. The molecule has 2 N–H and O–H groups in total. The number of rotatable bonds is 5. The lowest BCUT2D eigenvalue weighted by molar-refractivity contribution is 0.289. The summed E-state index contributed by atoms with van der Waals surface area (Å²) < 4.78 is 0. The normalized spacial score (nSPS) is 12.1. The molecular formula is C13H22N2. The van der Waals surface area contributed by atoms with Crippen LogP contribution in [0.4, 0.5) is 0 Å². The zero-order chi connectivity index (χ0) is 11.3. The van der Waals surface area contributed by atoms with Gasteiger partial charge in [0.05, 0.1) is 0 Å². The van der Waals surface area contributed by atoms with Gasteiger partial charge in [0, 0.05) is 12.1 Å². The second kappa shape index (κ2) is 5.29. The van der Waals surface area contributed by atoms with Crippen molar-refractivity contribution < 1.29 is 0 Å². The van der Waals surface area contributed by atoms with Gasteiger partial charge in [-0.2, -0.15) is 0 Å². The molecule has 0 spiro atoms. The lowest BCUT2D eigenvalue weighted by atomic mass is 10.0. The fourth-order valence-electron chi connectivity index (χ4n) is 1.45. The molecule has 0 aromatic heterocycles. The highest BCUT2D eigenvalue weighted by Gasteiger charge is 2.11. The van der Waals surface area contributed by atoms with E-state index in [1.54, 1.807) is 0 Å². The molecule has 0 aliphatic carbocycles. The van der Waals surface area contributed by atoms with Gasteiger partial charge in [0.25, 0.3) is 0 Å². The lowest BCUT2D eigenvalue weighted by Crippen LogP contribution is -2.36. The Morgan fingerprint density at radius 2 is 1.80 bits per heavy atom. The van der Waals surface area contributed by atoms with Crippen molar-refractivity contribution in [2.24, 2.45) is 5.73 Å². The Bertz CT molecular complexity index is 274. The summed E-state index contributed by atoms with van der Waals surface area (Å²) in [6, 6.07) is 10.5. The molecule has 0 fully saturated rings. The molecule has 0 heterocycles. The van der Waals surface area contributed by atoms with E-state index >= 15 is 0 Å². The molecule has 1 rings (SSSR count). The molecule has 0 saturated carbocycles. The summed E-state index contributed by atoms with van der Waals surface area (Å²) in [6.07, 6.45) is 1.02. The van der Waals surface area contributed by atoms with Gasteiger partial charge in [-0.3, -0.25) is 0 Å². The maximum atomic E-state index is 5.95. The van der Waals surface area contributed by atoms with E-state index in [2.05, 4.69) is 50.1 Å². The van der Waals surface area contributed by atoms with Gasteiger partial charge < -0.3 is 10.6 Å². The first-order valence-corrected chi connectivity index (χ1v) is 5.49. The van der Waals surface area contributed by atoms with Crippen LogP contribution in [0.1, 0.15) is 25.8 Å². The monoisotopic (exact) mass is 206 g/mol. The molecule has 0 atom stereocenters. The van der Waals surface area contributed by atoms with E-state index in [1.807, 2.05) is 6.07 Å². The maximum absolute atomic E-state index is 5.95. The summed E-state index contributed by atoms with van der Waals surface area (Å²) in [5, 5.41) is 0. The zero-order valence-electron chi connectivity index (χ0n) is 10.0. The van der Waals surface area contributed by atoms with E-state index in [0.29, 0.717) is 0 Å². The van der Waals surface area contributed by atoms with Gasteiger partial charge in [-0.1, -0.05) is 30.3 Å². The topological polar surface area (TPSA) is 29.3 Å². The summed E-state index contributed by atoms with van der Waals surface area (Å²) in [5.74, 6) is 0. The fraction of sp³-hybridized carbons (Fsp3) is 0.538. The van der Waals surface area contributed by atoms with Gasteiger partial charge in [-0.05, 0) is 39.4 Å². The van der Waals surface area contributed by atoms with Crippen LogP contribution in [0.2, 0.25) is 0 Å². The van der Waals surface area contributed by atoms with E-state index in [-0.39, 0.29) is 5.54 Å². The molecule has 0 aliphatic rings. The fourth-order valence-corrected chi connectivity index (χ4v) is 1.45. The first-order valence-electron chi connectivity index (χ1n) is 5.49. The molecule has 0 bridgehead atoms. The summed E-state index contributed by atoms with van der Waals surface area (Å²) in [7, 11) is 2.14. The molecule has 15 heavy (non-hydrogen) atoms. The van der Waals surface area contributed by atoms with Crippen molar-refractivity contribution in [3.05, 3.63) is 35.9 Å². The highest BCUT2D eigenvalue weighted by Crippen LogP contribution is 2.07. The largest absolute Gasteiger partial charge is 0.326 e. The maximum Gasteiger partial charge on any atom is 0.0230 e. The van der Waals surface area contributed by atoms with Crippen LogP contribution in [-0.4, -0.2) is 24.0 Å². The third kappa shape index (κ3) is 5.55. The van der Waals surface area contributed by atoms with Gasteiger partial charge in [0.15, 0.2) is 0 Å². The Labute approximate surface area is 93.1 Å². The number of benzene rings is 1. The molecule has 2 heteroatoms. The Kier molecular flexibility index (Phi) is 4.30. The molecule has 0 aliphatic heterocycles. The van der Waals surface area contributed by atoms with Gasteiger partial charge in [-0.25, -0.2) is 0 Å². The van der Waals surface area contributed by atoms with Gasteiger partial charge in [0.1, 0.15) is 0 Å². The van der Waals surface area contributed by atoms with Crippen LogP contribution in [0.25, 0.3) is 0 Å². The number of hydrogen-bond acceptors (Lipinski definition) is 2. The van der Waals surface area contributed by atoms with Crippen LogP contribution < -0.4 is 5.73 Å². The van der Waals surface area contributed by atoms with Crippen molar-refractivity contribution in [1.29, 1.82) is 0 Å². The number of hydrogen-bond donors (Lipinski definition) is 1. The Morgan fingerprint density at radius 3 is 2.33 bits per heavy atom. The minimum atomic E-state index is -0.0645. The number of nitrogens with two attached hydrogens (primary N) is 1. The van der Waals surface area contributed by atoms with Crippen LogP contribution in [0, 0.1) is 0 Å². The molecule has 2 nitrogen and oxygen atoms in total. The predicted octanol–water partition coefficient (Wildman–Crippen LogP) is 2.25. The van der Waals surface area contributed by atoms with Crippen LogP contribution >= 0.6 is 0 Å². The molecule has 84 valence electrons. The Balaban J connectivity index is 2.34. The standard InChI is InChI=1S/C13H22N2/c1-13(2,14)9-10-15(3)11-12-7-5-4-6-8-12/h4-8H,9-11,14H2,1-3H3. The predicted molar refractivity (Wildman–Crippen MR) is 65.7 cm³/mol. The SMILES string of the molecule is CN(CCC(C)(C)N)Cc1ccccc1. The summed E-state index contributed by atoms with van der Waals surface area (Å²) in [4.78, 5) is 2.31.